The highest BCUT2D eigenvalue weighted by Crippen LogP contribution is 2.09. The van der Waals surface area contributed by atoms with E-state index in [1.54, 1.807) is 4.90 Å². The van der Waals surface area contributed by atoms with Crippen LogP contribution in [0.2, 0.25) is 0 Å². The van der Waals surface area contributed by atoms with Gasteiger partial charge in [-0.2, -0.15) is 4.68 Å². The molecule has 0 radical (unpaired) electrons. The Bertz CT molecular complexity index is 477. The second kappa shape index (κ2) is 4.40. The molecule has 0 unspecified atom stereocenters. The van der Waals surface area contributed by atoms with Crippen LogP contribution in [0.15, 0.2) is 11.0 Å². The minimum atomic E-state index is -0.399. The lowest BCUT2D eigenvalue weighted by Gasteiger charge is -2.34. The van der Waals surface area contributed by atoms with Crippen LogP contribution in [-0.4, -0.2) is 51.9 Å². The van der Waals surface area contributed by atoms with Crippen LogP contribution in [0.5, 0.6) is 0 Å². The molecule has 1 aromatic heterocycles. The molecule has 2 heterocycles. The normalized spacial score (nSPS) is 16.1. The number of amides is 1. The summed E-state index contributed by atoms with van der Waals surface area (Å²) in [4.78, 5) is 26.0. The molecular weight excluding hydrogens is 224 g/mol. The van der Waals surface area contributed by atoms with Gasteiger partial charge in [0.25, 0.3) is 5.56 Å². The number of rotatable bonds is 1. The summed E-state index contributed by atoms with van der Waals surface area (Å²) in [5.74, 6) is 5.97. The molecule has 2 rings (SSSR count). The molecule has 1 aliphatic rings. The van der Waals surface area contributed by atoms with E-state index in [0.717, 1.165) is 10.9 Å². The van der Waals surface area contributed by atoms with Crippen molar-refractivity contribution in [3.63, 3.8) is 0 Å². The number of nitrogens with zero attached hydrogens (tertiary/aromatic N) is 5. The molecule has 17 heavy (non-hydrogen) atoms. The van der Waals surface area contributed by atoms with Gasteiger partial charge in [0.15, 0.2) is 0 Å². The number of aromatic nitrogens is 3. The van der Waals surface area contributed by atoms with Crippen LogP contribution >= 0.6 is 0 Å². The first-order chi connectivity index (χ1) is 8.09. The summed E-state index contributed by atoms with van der Waals surface area (Å²) in [7, 11) is 0. The number of nitrogens with two attached hydrogens (primary N) is 1. The summed E-state index contributed by atoms with van der Waals surface area (Å²) in [5.41, 5.74) is -0.399. The molecular formula is C9H14N6O2. The van der Waals surface area contributed by atoms with Crippen LogP contribution in [0.3, 0.4) is 0 Å². The summed E-state index contributed by atoms with van der Waals surface area (Å²) in [6, 6.07) is 0. The maximum atomic E-state index is 11.3. The molecule has 0 saturated carbocycles. The molecule has 8 heteroatoms. The third kappa shape index (κ3) is 2.19. The number of hydrogen-bond acceptors (Lipinski definition) is 6. The van der Waals surface area contributed by atoms with Crippen molar-refractivity contribution in [3.05, 3.63) is 16.6 Å². The molecule has 8 nitrogen and oxygen atoms in total. The fourth-order valence-electron chi connectivity index (χ4n) is 1.78. The van der Waals surface area contributed by atoms with Gasteiger partial charge in [0, 0.05) is 33.1 Å². The van der Waals surface area contributed by atoms with Crippen molar-refractivity contribution in [2.24, 2.45) is 0 Å². The van der Waals surface area contributed by atoms with E-state index in [0.29, 0.717) is 32.1 Å². The molecule has 2 N–H and O–H groups in total. The highest BCUT2D eigenvalue weighted by molar-refractivity contribution is 5.73. The summed E-state index contributed by atoms with van der Waals surface area (Å²) >= 11 is 0. The summed E-state index contributed by atoms with van der Waals surface area (Å²) in [5, 5.41) is 7.43. The average molecular weight is 238 g/mol. The Balaban J connectivity index is 2.13. The Labute approximate surface area is 97.6 Å². The number of hydrogen-bond donors (Lipinski definition) is 1. The first-order valence-corrected chi connectivity index (χ1v) is 5.30. The fraction of sp³-hybridized carbons (Fsp3) is 0.556. The van der Waals surface area contributed by atoms with E-state index < -0.39 is 5.56 Å². The molecule has 0 atom stereocenters. The predicted octanol–water partition coefficient (Wildman–Crippen LogP) is -1.98. The van der Waals surface area contributed by atoms with Crippen LogP contribution in [0, 0.1) is 0 Å². The van der Waals surface area contributed by atoms with E-state index >= 15 is 0 Å². The molecule has 1 aliphatic heterocycles. The number of carbonyl (C=O) groups is 1. The van der Waals surface area contributed by atoms with E-state index in [1.165, 1.54) is 6.92 Å². The third-order valence-electron chi connectivity index (χ3n) is 2.78. The van der Waals surface area contributed by atoms with Gasteiger partial charge in [0.1, 0.15) is 6.20 Å². The van der Waals surface area contributed by atoms with Crippen LogP contribution in [0.4, 0.5) is 5.95 Å². The number of carbonyl (C=O) groups excluding carboxylic acids is 1. The molecule has 1 saturated heterocycles. The Morgan fingerprint density at radius 2 is 2.00 bits per heavy atom. The van der Waals surface area contributed by atoms with Gasteiger partial charge in [-0.15, -0.1) is 10.2 Å². The lowest BCUT2D eigenvalue weighted by Crippen LogP contribution is -2.50. The van der Waals surface area contributed by atoms with Gasteiger partial charge in [-0.05, 0) is 0 Å². The highest BCUT2D eigenvalue weighted by atomic mass is 16.2. The van der Waals surface area contributed by atoms with Crippen molar-refractivity contribution in [2.75, 3.05) is 36.9 Å². The Morgan fingerprint density at radius 1 is 1.35 bits per heavy atom. The molecule has 1 fully saturated rings. The molecule has 1 aromatic rings. The second-order valence-electron chi connectivity index (χ2n) is 3.85. The van der Waals surface area contributed by atoms with Gasteiger partial charge in [0.2, 0.25) is 11.9 Å². The standard InChI is InChI=1S/C9H14N6O2/c1-7(16)13-2-4-14(5-3-13)9-12-11-6-8(17)15(9)10/h6H,2-5,10H2,1H3. The van der Waals surface area contributed by atoms with Crippen molar-refractivity contribution in [1.82, 2.24) is 19.8 Å². The largest absolute Gasteiger partial charge is 0.339 e. The molecule has 0 aliphatic carbocycles. The van der Waals surface area contributed by atoms with Gasteiger partial charge in [0.05, 0.1) is 0 Å². The van der Waals surface area contributed by atoms with Crippen molar-refractivity contribution >= 4 is 11.9 Å². The maximum absolute atomic E-state index is 11.3. The van der Waals surface area contributed by atoms with Crippen molar-refractivity contribution < 1.29 is 4.79 Å². The monoisotopic (exact) mass is 238 g/mol. The minimum absolute atomic E-state index is 0.0499. The quantitative estimate of drug-likeness (QED) is 0.569. The maximum Gasteiger partial charge on any atom is 0.292 e. The molecule has 0 aromatic carbocycles. The number of piperazine rings is 1. The topological polar surface area (TPSA) is 97.4 Å². The van der Waals surface area contributed by atoms with Gasteiger partial charge < -0.3 is 15.6 Å². The first kappa shape index (κ1) is 11.4. The zero-order valence-corrected chi connectivity index (χ0v) is 9.54. The Kier molecular flexibility index (Phi) is 2.94. The minimum Gasteiger partial charge on any atom is -0.339 e. The van der Waals surface area contributed by atoms with Gasteiger partial charge in [-0.3, -0.25) is 9.59 Å². The molecule has 0 bridgehead atoms. The zero-order chi connectivity index (χ0) is 12.4. The number of nitrogen functional groups attached to an aromatic ring is 1. The van der Waals surface area contributed by atoms with E-state index in [2.05, 4.69) is 10.2 Å². The van der Waals surface area contributed by atoms with E-state index in [9.17, 15) is 9.59 Å². The third-order valence-corrected chi connectivity index (χ3v) is 2.78. The second-order valence-corrected chi connectivity index (χ2v) is 3.85. The van der Waals surface area contributed by atoms with Crippen LogP contribution in [0.1, 0.15) is 6.92 Å². The molecule has 1 amide bonds. The van der Waals surface area contributed by atoms with E-state index in [4.69, 9.17) is 5.84 Å². The smallest absolute Gasteiger partial charge is 0.292 e. The summed E-state index contributed by atoms with van der Waals surface area (Å²) in [6.45, 7) is 3.92. The Hall–Kier alpha value is -2.12. The van der Waals surface area contributed by atoms with Gasteiger partial charge in [-0.25, -0.2) is 0 Å². The first-order valence-electron chi connectivity index (χ1n) is 5.30. The van der Waals surface area contributed by atoms with Crippen LogP contribution in [0.25, 0.3) is 0 Å². The zero-order valence-electron chi connectivity index (χ0n) is 9.54. The number of anilines is 1. The van der Waals surface area contributed by atoms with Gasteiger partial charge in [-0.1, -0.05) is 0 Å². The fourth-order valence-corrected chi connectivity index (χ4v) is 1.78. The molecule has 92 valence electrons. The average Bonchev–Trinajstić information content (AvgIpc) is 2.33. The lowest BCUT2D eigenvalue weighted by atomic mass is 10.3. The SMILES string of the molecule is CC(=O)N1CCN(c2nncc(=O)n2N)CC1. The van der Waals surface area contributed by atoms with Crippen molar-refractivity contribution in [3.8, 4) is 0 Å². The Morgan fingerprint density at radius 3 is 2.59 bits per heavy atom. The summed E-state index contributed by atoms with van der Waals surface area (Å²) in [6.07, 6.45) is 1.06. The van der Waals surface area contributed by atoms with Crippen LogP contribution in [-0.2, 0) is 4.79 Å². The van der Waals surface area contributed by atoms with E-state index in [-0.39, 0.29) is 5.91 Å². The van der Waals surface area contributed by atoms with Gasteiger partial charge >= 0.3 is 0 Å². The van der Waals surface area contributed by atoms with Crippen molar-refractivity contribution in [2.45, 2.75) is 6.92 Å². The summed E-state index contributed by atoms with van der Waals surface area (Å²) < 4.78 is 0.969. The molecule has 0 spiro atoms. The highest BCUT2D eigenvalue weighted by Gasteiger charge is 2.21. The predicted molar refractivity (Wildman–Crippen MR) is 60.9 cm³/mol. The lowest BCUT2D eigenvalue weighted by molar-refractivity contribution is -0.129. The van der Waals surface area contributed by atoms with Crippen molar-refractivity contribution in [1.29, 1.82) is 0 Å². The van der Waals surface area contributed by atoms with Crippen LogP contribution < -0.4 is 16.3 Å². The van der Waals surface area contributed by atoms with E-state index in [1.807, 2.05) is 4.90 Å².